The van der Waals surface area contributed by atoms with Crippen LogP contribution in [-0.4, -0.2) is 105 Å². The number of benzene rings is 4. The number of cyclic esters (lactones) is 1. The van der Waals surface area contributed by atoms with Crippen molar-refractivity contribution in [3.05, 3.63) is 155 Å². The van der Waals surface area contributed by atoms with Crippen LogP contribution >= 0.6 is 0 Å². The molecule has 62 heavy (non-hydrogen) atoms. The number of carbonyl (C=O) groups is 3. The number of aliphatic hydroxyl groups is 1. The Morgan fingerprint density at radius 3 is 2.05 bits per heavy atom. The van der Waals surface area contributed by atoms with Gasteiger partial charge in [0.15, 0.2) is 12.1 Å². The summed E-state index contributed by atoms with van der Waals surface area (Å²) in [6.45, 7) is 2.35. The maximum Gasteiger partial charge on any atom is 0.417 e. The number of ketones is 1. The number of aryl methyl sites for hydroxylation is 2. The highest BCUT2D eigenvalue weighted by Crippen LogP contribution is 2.33. The molecule has 1 aromatic heterocycles. The van der Waals surface area contributed by atoms with Gasteiger partial charge in [-0.1, -0.05) is 121 Å². The number of hydrogen-bond donors (Lipinski definition) is 1. The van der Waals surface area contributed by atoms with Crippen LogP contribution in [0.15, 0.2) is 126 Å². The quantitative estimate of drug-likeness (QED) is 0.0493. The van der Waals surface area contributed by atoms with Gasteiger partial charge < -0.3 is 42.7 Å². The van der Waals surface area contributed by atoms with Crippen molar-refractivity contribution in [1.29, 1.82) is 0 Å². The lowest BCUT2D eigenvalue weighted by molar-refractivity contribution is -0.319. The standard InChI is InChI=1S/C49H53NO12/c1-32-15-13-22-36(25-32)38-27-40(42(52)44(55-2)47(53)50-37(31-60-49(50)54)26-33-16-7-4-8-17-33)61-39(38)23-14-24-57-46-45(59-30-35-20-11-6-12-21-35)43(41(28-51)62-48(46)56-3)58-29-34-18-9-5-10-19-34/h4-13,15-22,25,27,37,41,43-46,48,51H,14,23-24,26,28-31H2,1-3H3/t37-,41-,43-,44-,45+,46+,48+/m1/s1. The molecule has 2 amide bonds. The first-order valence-electron chi connectivity index (χ1n) is 20.8. The van der Waals surface area contributed by atoms with E-state index in [1.165, 1.54) is 14.2 Å². The molecule has 0 aliphatic carbocycles. The van der Waals surface area contributed by atoms with Gasteiger partial charge in [0.2, 0.25) is 11.9 Å². The normalized spacial score (nSPS) is 21.7. The number of methoxy groups -OCH3 is 2. The number of ether oxygens (including phenoxy) is 7. The molecule has 0 radical (unpaired) electrons. The van der Waals surface area contributed by atoms with Gasteiger partial charge in [-0.05, 0) is 48.1 Å². The number of nitrogens with zero attached hydrogens (tertiary/aromatic N) is 1. The summed E-state index contributed by atoms with van der Waals surface area (Å²) in [5.74, 6) is -1.15. The lowest BCUT2D eigenvalue weighted by atomic mass is 9.98. The molecule has 2 fully saturated rings. The van der Waals surface area contributed by atoms with Crippen LogP contribution < -0.4 is 0 Å². The number of hydrogen-bond acceptors (Lipinski definition) is 12. The van der Waals surface area contributed by atoms with E-state index in [-0.39, 0.29) is 38.8 Å². The molecule has 7 atom stereocenters. The Kier molecular flexibility index (Phi) is 15.5. The zero-order chi connectivity index (χ0) is 43.4. The van der Waals surface area contributed by atoms with E-state index in [0.29, 0.717) is 30.6 Å². The molecule has 0 unspecified atom stereocenters. The molecule has 2 aliphatic rings. The summed E-state index contributed by atoms with van der Waals surface area (Å²) in [6.07, 6.45) is -5.16. The van der Waals surface area contributed by atoms with Crippen molar-refractivity contribution >= 4 is 17.8 Å². The third kappa shape index (κ3) is 10.7. The van der Waals surface area contributed by atoms with E-state index in [2.05, 4.69) is 0 Å². The highest BCUT2D eigenvalue weighted by molar-refractivity contribution is 6.14. The fourth-order valence-corrected chi connectivity index (χ4v) is 7.90. The molecule has 5 aromatic rings. The number of amides is 2. The lowest BCUT2D eigenvalue weighted by Crippen LogP contribution is -2.61. The molecule has 7 rings (SSSR count). The summed E-state index contributed by atoms with van der Waals surface area (Å²) in [5, 5.41) is 10.5. The number of carbonyl (C=O) groups excluding carboxylic acids is 3. The maximum absolute atomic E-state index is 14.1. The van der Waals surface area contributed by atoms with E-state index in [4.69, 9.17) is 37.6 Å². The van der Waals surface area contributed by atoms with Crippen LogP contribution in [0.1, 0.15) is 45.0 Å². The summed E-state index contributed by atoms with van der Waals surface area (Å²) >= 11 is 0. The highest BCUT2D eigenvalue weighted by atomic mass is 16.7. The largest absolute Gasteiger partial charge is 0.457 e. The van der Waals surface area contributed by atoms with E-state index < -0.39 is 60.6 Å². The zero-order valence-corrected chi connectivity index (χ0v) is 35.1. The third-order valence-corrected chi connectivity index (χ3v) is 11.0. The number of furan rings is 1. The van der Waals surface area contributed by atoms with E-state index in [1.54, 1.807) is 6.07 Å². The summed E-state index contributed by atoms with van der Waals surface area (Å²) < 4.78 is 48.6. The van der Waals surface area contributed by atoms with Crippen molar-refractivity contribution in [2.75, 3.05) is 34.0 Å². The molecule has 3 heterocycles. The third-order valence-electron chi connectivity index (χ3n) is 11.0. The van der Waals surface area contributed by atoms with Crippen LogP contribution in [0, 0.1) is 6.92 Å². The van der Waals surface area contributed by atoms with Crippen LogP contribution in [0.25, 0.3) is 11.1 Å². The molecule has 13 heteroatoms. The van der Waals surface area contributed by atoms with Gasteiger partial charge >= 0.3 is 6.09 Å². The van der Waals surface area contributed by atoms with Gasteiger partial charge in [-0.2, -0.15) is 0 Å². The monoisotopic (exact) mass is 847 g/mol. The Hall–Kier alpha value is -5.51. The van der Waals surface area contributed by atoms with Gasteiger partial charge in [-0.15, -0.1) is 0 Å². The van der Waals surface area contributed by atoms with Crippen LogP contribution in [-0.2, 0) is 64.0 Å². The van der Waals surface area contributed by atoms with Crippen molar-refractivity contribution in [3.8, 4) is 11.1 Å². The van der Waals surface area contributed by atoms with Gasteiger partial charge in [0, 0.05) is 32.8 Å². The molecule has 326 valence electrons. The van der Waals surface area contributed by atoms with E-state index in [0.717, 1.165) is 32.7 Å². The molecule has 1 N–H and O–H groups in total. The SMILES string of the molecule is CO[C@H](C(=O)c1cc(-c2cccc(C)c2)c(CCCO[C@@H]2[C@@H](OC)O[C@H](CO)[C@@H](OCc3ccccc3)[C@@H]2OCc2ccccc2)o1)C(=O)N1C(=O)OC[C@H]1Cc1ccccc1. The van der Waals surface area contributed by atoms with Crippen molar-refractivity contribution < 1.29 is 57.1 Å². The van der Waals surface area contributed by atoms with Crippen molar-refractivity contribution in [1.82, 2.24) is 4.90 Å². The predicted molar refractivity (Wildman–Crippen MR) is 227 cm³/mol. The Morgan fingerprint density at radius 1 is 0.790 bits per heavy atom. The Balaban J connectivity index is 1.09. The molecule has 2 saturated heterocycles. The molecule has 13 nitrogen and oxygen atoms in total. The predicted octanol–water partition coefficient (Wildman–Crippen LogP) is 6.90. The van der Waals surface area contributed by atoms with Crippen molar-refractivity contribution in [3.63, 3.8) is 0 Å². The first-order valence-corrected chi connectivity index (χ1v) is 20.8. The van der Waals surface area contributed by atoms with Gasteiger partial charge in [-0.25, -0.2) is 9.69 Å². The van der Waals surface area contributed by atoms with Crippen molar-refractivity contribution in [2.24, 2.45) is 0 Å². The highest BCUT2D eigenvalue weighted by Gasteiger charge is 2.49. The molecular formula is C49H53NO12. The minimum Gasteiger partial charge on any atom is -0.457 e. The Labute approximate surface area is 361 Å². The van der Waals surface area contributed by atoms with E-state index >= 15 is 0 Å². The Bertz CT molecular complexity index is 2210. The summed E-state index contributed by atoms with van der Waals surface area (Å²) in [4.78, 5) is 41.9. The van der Waals surface area contributed by atoms with Gasteiger partial charge in [-0.3, -0.25) is 9.59 Å². The van der Waals surface area contributed by atoms with Crippen LogP contribution in [0.4, 0.5) is 4.79 Å². The fraction of sp³-hybridized carbons (Fsp3) is 0.367. The van der Waals surface area contributed by atoms with Crippen LogP contribution in [0.3, 0.4) is 0 Å². The number of rotatable bonds is 20. The molecule has 4 aromatic carbocycles. The second-order valence-electron chi connectivity index (χ2n) is 15.3. The molecule has 0 spiro atoms. The van der Waals surface area contributed by atoms with Crippen molar-refractivity contribution in [2.45, 2.75) is 82.3 Å². The first-order chi connectivity index (χ1) is 30.3. The zero-order valence-electron chi connectivity index (χ0n) is 35.1. The number of Topliss-reactive ketones (excluding diaryl/α,β-unsaturated/α-hetero) is 1. The number of aliphatic hydroxyl groups excluding tert-OH is 1. The van der Waals surface area contributed by atoms with Gasteiger partial charge in [0.25, 0.3) is 5.91 Å². The van der Waals surface area contributed by atoms with Crippen LogP contribution in [0.5, 0.6) is 0 Å². The average Bonchev–Trinajstić information content (AvgIpc) is 3.90. The minimum absolute atomic E-state index is 0.00401. The average molecular weight is 848 g/mol. The van der Waals surface area contributed by atoms with Gasteiger partial charge in [0.05, 0.1) is 25.9 Å². The Morgan fingerprint density at radius 2 is 1.44 bits per heavy atom. The van der Waals surface area contributed by atoms with Crippen LogP contribution in [0.2, 0.25) is 0 Å². The smallest absolute Gasteiger partial charge is 0.417 e. The maximum atomic E-state index is 14.1. The summed E-state index contributed by atoms with van der Waals surface area (Å²) in [5.41, 5.74) is 5.30. The van der Waals surface area contributed by atoms with Gasteiger partial charge in [0.1, 0.15) is 36.8 Å². The van der Waals surface area contributed by atoms with E-state index in [1.807, 2.05) is 122 Å². The lowest BCUT2D eigenvalue weighted by Gasteiger charge is -2.45. The molecule has 2 aliphatic heterocycles. The molecular weight excluding hydrogens is 795 g/mol. The second-order valence-corrected chi connectivity index (χ2v) is 15.3. The second kappa shape index (κ2) is 21.5. The molecule has 0 bridgehead atoms. The summed E-state index contributed by atoms with van der Waals surface area (Å²) in [6, 6.07) is 37.7. The number of imide groups is 1. The topological polar surface area (TPSA) is 152 Å². The summed E-state index contributed by atoms with van der Waals surface area (Å²) in [7, 11) is 2.76. The molecule has 0 saturated carbocycles. The first kappa shape index (κ1) is 44.5. The van der Waals surface area contributed by atoms with E-state index in [9.17, 15) is 19.5 Å². The minimum atomic E-state index is -1.66. The fourth-order valence-electron chi connectivity index (χ4n) is 7.90.